The van der Waals surface area contributed by atoms with Crippen molar-refractivity contribution in [2.75, 3.05) is 0 Å². The van der Waals surface area contributed by atoms with E-state index in [1.54, 1.807) is 13.8 Å². The lowest BCUT2D eigenvalue weighted by Gasteiger charge is -2.59. The lowest BCUT2D eigenvalue weighted by Crippen LogP contribution is -2.77. The summed E-state index contributed by atoms with van der Waals surface area (Å²) in [6, 6.07) is 0. The van der Waals surface area contributed by atoms with Crippen molar-refractivity contribution in [3.8, 4) is 0 Å². The van der Waals surface area contributed by atoms with Gasteiger partial charge in [0.1, 0.15) is 17.3 Å². The van der Waals surface area contributed by atoms with Crippen LogP contribution in [0.3, 0.4) is 0 Å². The number of fused-ring (bicyclic) bond motifs is 2. The number of ether oxygens (including phenoxy) is 1. The van der Waals surface area contributed by atoms with Crippen molar-refractivity contribution >= 4 is 5.97 Å². The van der Waals surface area contributed by atoms with E-state index in [1.807, 2.05) is 20.8 Å². The van der Waals surface area contributed by atoms with Gasteiger partial charge in [-0.2, -0.15) is 0 Å². The zero-order valence-electron chi connectivity index (χ0n) is 16.2. The van der Waals surface area contributed by atoms with Crippen LogP contribution in [0, 0.1) is 17.3 Å². The first-order chi connectivity index (χ1) is 11.8. The molecule has 0 aromatic rings. The van der Waals surface area contributed by atoms with Crippen LogP contribution in [0.15, 0.2) is 11.1 Å². The van der Waals surface area contributed by atoms with E-state index < -0.39 is 39.9 Å². The smallest absolute Gasteiger partial charge is 0.307 e. The molecule has 6 nitrogen and oxygen atoms in total. The van der Waals surface area contributed by atoms with E-state index in [2.05, 4.69) is 0 Å². The van der Waals surface area contributed by atoms with Crippen molar-refractivity contribution in [3.05, 3.63) is 11.1 Å². The van der Waals surface area contributed by atoms with Gasteiger partial charge in [0.25, 0.3) is 0 Å². The Morgan fingerprint density at radius 2 is 1.77 bits per heavy atom. The number of aliphatic hydroxyl groups excluding tert-OH is 1. The van der Waals surface area contributed by atoms with Gasteiger partial charge >= 0.3 is 5.97 Å². The third-order valence-corrected chi connectivity index (χ3v) is 8.43. The van der Waals surface area contributed by atoms with E-state index in [9.17, 15) is 25.2 Å². The van der Waals surface area contributed by atoms with Crippen LogP contribution < -0.4 is 0 Å². The van der Waals surface area contributed by atoms with Crippen LogP contribution in [-0.4, -0.2) is 54.9 Å². The van der Waals surface area contributed by atoms with E-state index in [4.69, 9.17) is 4.74 Å². The predicted molar refractivity (Wildman–Crippen MR) is 93.0 cm³/mol. The molecule has 0 amide bonds. The van der Waals surface area contributed by atoms with Crippen LogP contribution >= 0.6 is 0 Å². The molecule has 0 spiro atoms. The van der Waals surface area contributed by atoms with Crippen LogP contribution in [-0.2, 0) is 9.53 Å². The van der Waals surface area contributed by atoms with E-state index >= 15 is 0 Å². The molecule has 1 aliphatic heterocycles. The number of carbonyl (C=O) groups excluding carboxylic acids is 1. The Kier molecular flexibility index (Phi) is 3.34. The van der Waals surface area contributed by atoms with Gasteiger partial charge in [0, 0.05) is 11.8 Å². The second kappa shape index (κ2) is 4.72. The first kappa shape index (κ1) is 18.4. The minimum atomic E-state index is -2.02. The van der Waals surface area contributed by atoms with Crippen molar-refractivity contribution in [2.24, 2.45) is 17.3 Å². The Hall–Kier alpha value is -0.950. The van der Waals surface area contributed by atoms with Crippen LogP contribution in [0.1, 0.15) is 60.3 Å². The predicted octanol–water partition coefficient (Wildman–Crippen LogP) is 1.05. The number of hydrogen-bond donors (Lipinski definition) is 4. The number of carbonyl (C=O) groups is 1. The molecule has 3 aliphatic carbocycles. The van der Waals surface area contributed by atoms with Gasteiger partial charge in [-0.15, -0.1) is 0 Å². The summed E-state index contributed by atoms with van der Waals surface area (Å²) in [4.78, 5) is 12.5. The number of esters is 1. The van der Waals surface area contributed by atoms with Gasteiger partial charge in [-0.3, -0.25) is 4.79 Å². The molecule has 0 aromatic carbocycles. The monoisotopic (exact) mass is 366 g/mol. The molecule has 6 heteroatoms. The third kappa shape index (κ3) is 1.41. The fourth-order valence-corrected chi connectivity index (χ4v) is 6.88. The first-order valence-corrected chi connectivity index (χ1v) is 9.61. The molecule has 1 saturated heterocycles. The van der Waals surface area contributed by atoms with Gasteiger partial charge in [0.2, 0.25) is 5.60 Å². The summed E-state index contributed by atoms with van der Waals surface area (Å²) in [5.74, 6) is -0.801. The van der Waals surface area contributed by atoms with Gasteiger partial charge in [-0.25, -0.2) is 0 Å². The van der Waals surface area contributed by atoms with E-state index in [1.165, 1.54) is 0 Å². The fraction of sp³-hybridized carbons (Fsp3) is 0.850. The molecule has 0 unspecified atom stereocenters. The fourth-order valence-electron chi connectivity index (χ4n) is 6.88. The quantitative estimate of drug-likeness (QED) is 0.408. The van der Waals surface area contributed by atoms with Crippen molar-refractivity contribution in [2.45, 2.75) is 88.8 Å². The van der Waals surface area contributed by atoms with E-state index in [0.29, 0.717) is 12.0 Å². The number of aliphatic hydroxyl groups is 4. The minimum Gasteiger partial charge on any atom is -0.450 e. The Morgan fingerprint density at radius 3 is 2.35 bits per heavy atom. The molecule has 4 rings (SSSR count). The second-order valence-electron chi connectivity index (χ2n) is 9.59. The highest BCUT2D eigenvalue weighted by molar-refractivity contribution is 5.77. The maximum atomic E-state index is 12.5. The van der Waals surface area contributed by atoms with Crippen molar-refractivity contribution in [1.82, 2.24) is 0 Å². The number of hydrogen-bond acceptors (Lipinski definition) is 6. The highest BCUT2D eigenvalue weighted by Gasteiger charge is 2.94. The molecule has 3 fully saturated rings. The molecule has 26 heavy (non-hydrogen) atoms. The third-order valence-electron chi connectivity index (χ3n) is 8.43. The van der Waals surface area contributed by atoms with Crippen molar-refractivity contribution in [1.29, 1.82) is 0 Å². The standard InChI is InChI=1S/C20H30O6/c1-10(2)13-8-18(24)16(5)9-14(21)26-20(19(18,25)12(13)4)15(22)11(3)6-7-17(16,20)23/h10-11,15,22-25H,6-9H2,1-5H3/t11-,15+,16-,17-,18+,19+,20-/m0/s1. The zero-order valence-corrected chi connectivity index (χ0v) is 16.2. The second-order valence-corrected chi connectivity index (χ2v) is 9.59. The normalized spacial score (nSPS) is 55.8. The largest absolute Gasteiger partial charge is 0.450 e. The molecule has 2 saturated carbocycles. The van der Waals surface area contributed by atoms with Crippen molar-refractivity contribution < 1.29 is 30.0 Å². The maximum absolute atomic E-state index is 12.5. The van der Waals surface area contributed by atoms with Crippen LogP contribution in [0.2, 0.25) is 0 Å². The summed E-state index contributed by atoms with van der Waals surface area (Å²) in [5, 5.41) is 47.0. The van der Waals surface area contributed by atoms with Crippen molar-refractivity contribution in [3.63, 3.8) is 0 Å². The molecule has 146 valence electrons. The molecule has 2 bridgehead atoms. The molecule has 1 heterocycles. The molecule has 4 N–H and O–H groups in total. The van der Waals surface area contributed by atoms with Crippen LogP contribution in [0.25, 0.3) is 0 Å². The lowest BCUT2D eigenvalue weighted by atomic mass is 9.55. The summed E-state index contributed by atoms with van der Waals surface area (Å²) in [5.41, 5.74) is -7.38. The van der Waals surface area contributed by atoms with Gasteiger partial charge in [0.05, 0.1) is 6.42 Å². The highest BCUT2D eigenvalue weighted by atomic mass is 16.6. The summed E-state index contributed by atoms with van der Waals surface area (Å²) in [6.07, 6.45) is -0.525. The summed E-state index contributed by atoms with van der Waals surface area (Å²) >= 11 is 0. The molecule has 7 atom stereocenters. The summed E-state index contributed by atoms with van der Waals surface area (Å²) in [7, 11) is 0. The Bertz CT molecular complexity index is 730. The molecular weight excluding hydrogens is 336 g/mol. The Labute approximate surface area is 153 Å². The summed E-state index contributed by atoms with van der Waals surface area (Å²) < 4.78 is 5.72. The molecule has 4 aliphatic rings. The molecular formula is C20H30O6. The maximum Gasteiger partial charge on any atom is 0.307 e. The lowest BCUT2D eigenvalue weighted by molar-refractivity contribution is -0.307. The van der Waals surface area contributed by atoms with Gasteiger partial charge in [-0.1, -0.05) is 33.3 Å². The summed E-state index contributed by atoms with van der Waals surface area (Å²) in [6.45, 7) is 9.18. The number of rotatable bonds is 1. The molecule has 0 radical (unpaired) electrons. The SMILES string of the molecule is CC1=C(C(C)C)C[C@@]2(O)[C@@]3(C)CC(=O)O[C@]4([C@H](O)[C@@H](C)CC[C@]34O)[C@@]12O. The van der Waals surface area contributed by atoms with Crippen LogP contribution in [0.5, 0.6) is 0 Å². The average molecular weight is 366 g/mol. The van der Waals surface area contributed by atoms with Gasteiger partial charge in [0.15, 0.2) is 5.60 Å². The topological polar surface area (TPSA) is 107 Å². The van der Waals surface area contributed by atoms with Gasteiger partial charge in [-0.05, 0) is 37.2 Å². The zero-order chi connectivity index (χ0) is 19.5. The van der Waals surface area contributed by atoms with E-state index in [0.717, 1.165) is 5.57 Å². The first-order valence-electron chi connectivity index (χ1n) is 9.61. The van der Waals surface area contributed by atoms with Gasteiger partial charge < -0.3 is 25.2 Å². The van der Waals surface area contributed by atoms with Crippen LogP contribution in [0.4, 0.5) is 0 Å². The van der Waals surface area contributed by atoms with E-state index in [-0.39, 0.29) is 31.1 Å². The average Bonchev–Trinajstić information content (AvgIpc) is 2.79. The Balaban J connectivity index is 2.11. The minimum absolute atomic E-state index is 0.0799. The highest BCUT2D eigenvalue weighted by Crippen LogP contribution is 2.77. The Morgan fingerprint density at radius 1 is 1.15 bits per heavy atom. The molecule has 0 aromatic heterocycles.